The molecule has 1 aromatic rings. The van der Waals surface area contributed by atoms with E-state index in [1.807, 2.05) is 12.7 Å². The molecule has 2 saturated heterocycles. The third-order valence-electron chi connectivity index (χ3n) is 4.95. The van der Waals surface area contributed by atoms with Crippen molar-refractivity contribution in [3.63, 3.8) is 0 Å². The van der Waals surface area contributed by atoms with Crippen molar-refractivity contribution in [3.8, 4) is 0 Å². The molecule has 5 nitrogen and oxygen atoms in total. The van der Waals surface area contributed by atoms with Gasteiger partial charge in [-0.05, 0) is 12.3 Å². The smallest absolute Gasteiger partial charge is 0.161 e. The van der Waals surface area contributed by atoms with Crippen LogP contribution in [-0.4, -0.2) is 33.4 Å². The molecular formula is C14H20N4O. The van der Waals surface area contributed by atoms with Crippen LogP contribution < -0.4 is 0 Å². The van der Waals surface area contributed by atoms with Crippen molar-refractivity contribution < 1.29 is 4.74 Å². The van der Waals surface area contributed by atoms with Gasteiger partial charge in [-0.3, -0.25) is 4.57 Å². The maximum Gasteiger partial charge on any atom is 0.161 e. The number of nitrogens with zero attached hydrogens (tertiary/aromatic N) is 4. The average Bonchev–Trinajstić information content (AvgIpc) is 3.02. The number of imidazole rings is 1. The quantitative estimate of drug-likeness (QED) is 0.767. The first-order valence-corrected chi connectivity index (χ1v) is 7.22. The van der Waals surface area contributed by atoms with Gasteiger partial charge in [0.15, 0.2) is 5.82 Å². The highest BCUT2D eigenvalue weighted by atomic mass is 16.5. The van der Waals surface area contributed by atoms with Gasteiger partial charge in [0.05, 0.1) is 24.8 Å². The number of rotatable bonds is 2. The van der Waals surface area contributed by atoms with Crippen LogP contribution in [-0.2, 0) is 4.74 Å². The number of aromatic nitrogens is 2. The number of ether oxygens (including phenoxy) is 1. The second-order valence-electron chi connectivity index (χ2n) is 6.01. The predicted octanol–water partition coefficient (Wildman–Crippen LogP) is 2.49. The summed E-state index contributed by atoms with van der Waals surface area (Å²) < 4.78 is 8.37. The zero-order chi connectivity index (χ0) is 13.1. The summed E-state index contributed by atoms with van der Waals surface area (Å²) in [5.74, 6) is 2.08. The van der Waals surface area contributed by atoms with Crippen LogP contribution in [0.2, 0.25) is 0 Å². The number of aliphatic imine (C=N–C) groups is 1. The molecule has 19 heavy (non-hydrogen) atoms. The van der Waals surface area contributed by atoms with Crippen LogP contribution >= 0.6 is 0 Å². The standard InChI is InChI=1S/C14H20N4O/c1-4-11-8(2)9(3)14(19-11)18-7-15-12-10-5-17(10)6-16-13(12)18/h6-11,14H,4-5H2,1-3H3/t8-,9+,10-,11+,14+,17?/m0/s1. The summed E-state index contributed by atoms with van der Waals surface area (Å²) in [4.78, 5) is 11.3. The van der Waals surface area contributed by atoms with E-state index in [4.69, 9.17) is 4.74 Å². The second kappa shape index (κ2) is 3.82. The van der Waals surface area contributed by atoms with Crippen molar-refractivity contribution in [1.29, 1.82) is 0 Å². The van der Waals surface area contributed by atoms with E-state index in [0.717, 1.165) is 24.5 Å². The summed E-state index contributed by atoms with van der Waals surface area (Å²) in [5, 5.41) is 0. The first-order valence-electron chi connectivity index (χ1n) is 7.22. The van der Waals surface area contributed by atoms with Crippen molar-refractivity contribution in [3.05, 3.63) is 12.0 Å². The summed E-state index contributed by atoms with van der Waals surface area (Å²) in [5.41, 5.74) is 1.12. The monoisotopic (exact) mass is 260 g/mol. The van der Waals surface area contributed by atoms with Gasteiger partial charge in [-0.1, -0.05) is 20.8 Å². The molecule has 102 valence electrons. The Labute approximate surface area is 113 Å². The van der Waals surface area contributed by atoms with E-state index in [0.29, 0.717) is 24.0 Å². The molecule has 0 bridgehead atoms. The third-order valence-corrected chi connectivity index (χ3v) is 4.95. The normalized spacial score (nSPS) is 39.3. The SMILES string of the molecule is CC[C@H]1O[C@@H](n2cnc3c2N=CN2C[C@@H]32)[C@H](C)[C@@H]1C. The summed E-state index contributed by atoms with van der Waals surface area (Å²) in [6.45, 7) is 7.81. The Morgan fingerprint density at radius 1 is 1.37 bits per heavy atom. The molecule has 3 aliphatic rings. The summed E-state index contributed by atoms with van der Waals surface area (Å²) >= 11 is 0. The van der Waals surface area contributed by atoms with Crippen LogP contribution in [0.15, 0.2) is 11.3 Å². The van der Waals surface area contributed by atoms with Gasteiger partial charge in [-0.25, -0.2) is 9.98 Å². The Balaban J connectivity index is 1.69. The van der Waals surface area contributed by atoms with E-state index in [9.17, 15) is 0 Å². The van der Waals surface area contributed by atoms with Gasteiger partial charge in [0.25, 0.3) is 0 Å². The number of hydrogen-bond acceptors (Lipinski definition) is 4. The maximum atomic E-state index is 6.23. The Hall–Kier alpha value is -1.36. The molecule has 4 rings (SSSR count). The lowest BCUT2D eigenvalue weighted by molar-refractivity contribution is -0.0131. The van der Waals surface area contributed by atoms with Crippen molar-refractivity contribution in [2.75, 3.05) is 6.54 Å². The third kappa shape index (κ3) is 1.51. The Morgan fingerprint density at radius 3 is 2.95 bits per heavy atom. The minimum Gasteiger partial charge on any atom is -0.354 e. The van der Waals surface area contributed by atoms with Gasteiger partial charge in [-0.2, -0.15) is 0 Å². The Bertz CT molecular complexity index is 538. The van der Waals surface area contributed by atoms with Crippen LogP contribution in [0.1, 0.15) is 45.2 Å². The van der Waals surface area contributed by atoms with E-state index < -0.39 is 0 Å². The highest BCUT2D eigenvalue weighted by molar-refractivity contribution is 5.69. The van der Waals surface area contributed by atoms with E-state index in [1.54, 1.807) is 0 Å². The predicted molar refractivity (Wildman–Crippen MR) is 72.4 cm³/mol. The summed E-state index contributed by atoms with van der Waals surface area (Å²) in [6, 6.07) is 0.463. The molecule has 0 aromatic carbocycles. The van der Waals surface area contributed by atoms with Gasteiger partial charge in [0.1, 0.15) is 11.9 Å². The fourth-order valence-corrected chi connectivity index (χ4v) is 3.39. The van der Waals surface area contributed by atoms with Crippen molar-refractivity contribution in [2.45, 2.75) is 45.6 Å². The molecule has 0 amide bonds. The van der Waals surface area contributed by atoms with Gasteiger partial charge < -0.3 is 9.64 Å². The van der Waals surface area contributed by atoms with E-state index >= 15 is 0 Å². The van der Waals surface area contributed by atoms with Crippen LogP contribution in [0.5, 0.6) is 0 Å². The first kappa shape index (κ1) is 11.5. The average molecular weight is 260 g/mol. The van der Waals surface area contributed by atoms with Crippen LogP contribution in [0.3, 0.4) is 0 Å². The lowest BCUT2D eigenvalue weighted by atomic mass is 9.91. The molecule has 0 N–H and O–H groups in total. The van der Waals surface area contributed by atoms with Gasteiger partial charge in [-0.15, -0.1) is 0 Å². The van der Waals surface area contributed by atoms with Crippen molar-refractivity contribution in [1.82, 2.24) is 14.5 Å². The molecule has 5 atom stereocenters. The lowest BCUT2D eigenvalue weighted by Gasteiger charge is -2.19. The molecule has 0 saturated carbocycles. The maximum absolute atomic E-state index is 6.23. The summed E-state index contributed by atoms with van der Waals surface area (Å²) in [6.07, 6.45) is 5.35. The molecular weight excluding hydrogens is 240 g/mol. The minimum atomic E-state index is 0.0821. The van der Waals surface area contributed by atoms with Gasteiger partial charge in [0, 0.05) is 12.5 Å². The number of hydrogen-bond donors (Lipinski definition) is 0. The first-order chi connectivity index (χ1) is 9.20. The molecule has 0 radical (unpaired) electrons. The van der Waals surface area contributed by atoms with Gasteiger partial charge in [0.2, 0.25) is 0 Å². The fourth-order valence-electron chi connectivity index (χ4n) is 3.39. The van der Waals surface area contributed by atoms with Gasteiger partial charge >= 0.3 is 0 Å². The zero-order valence-electron chi connectivity index (χ0n) is 11.7. The van der Waals surface area contributed by atoms with E-state index in [2.05, 4.69) is 40.2 Å². The van der Waals surface area contributed by atoms with Crippen LogP contribution in [0, 0.1) is 11.8 Å². The van der Waals surface area contributed by atoms with Crippen LogP contribution in [0.4, 0.5) is 5.82 Å². The molecule has 2 fully saturated rings. The molecule has 4 heterocycles. The molecule has 0 unspecified atom stereocenters. The molecule has 0 spiro atoms. The highest BCUT2D eigenvalue weighted by Gasteiger charge is 2.44. The Kier molecular flexibility index (Phi) is 2.31. The van der Waals surface area contributed by atoms with Crippen molar-refractivity contribution >= 4 is 12.2 Å². The molecule has 3 aliphatic heterocycles. The number of fused-ring (bicyclic) bond motifs is 3. The van der Waals surface area contributed by atoms with Crippen LogP contribution in [0.25, 0.3) is 0 Å². The molecule has 0 aliphatic carbocycles. The highest BCUT2D eigenvalue weighted by Crippen LogP contribution is 2.46. The second-order valence-corrected chi connectivity index (χ2v) is 6.01. The Morgan fingerprint density at radius 2 is 2.21 bits per heavy atom. The minimum absolute atomic E-state index is 0.0821. The van der Waals surface area contributed by atoms with E-state index in [1.165, 1.54) is 0 Å². The van der Waals surface area contributed by atoms with Crippen molar-refractivity contribution in [2.24, 2.45) is 16.8 Å². The fraction of sp³-hybridized carbons (Fsp3) is 0.714. The lowest BCUT2D eigenvalue weighted by Crippen LogP contribution is -2.15. The molecule has 1 aromatic heterocycles. The topological polar surface area (TPSA) is 42.4 Å². The molecule has 5 heteroatoms. The largest absolute Gasteiger partial charge is 0.354 e. The van der Waals surface area contributed by atoms with E-state index in [-0.39, 0.29) is 6.23 Å². The summed E-state index contributed by atoms with van der Waals surface area (Å²) in [7, 11) is 0. The zero-order valence-corrected chi connectivity index (χ0v) is 11.7.